The number of anilines is 1. The standard InChI is InChI=1S/C21H19N3O/c1-22-16-12-19(17-8-5-9-20-18(17)10-11-23-20)21(24-13-16)25-14-15-6-3-2-4-7-15/h2-13,22-23H,14H2,1H3. The van der Waals surface area contributed by atoms with Crippen molar-refractivity contribution in [1.29, 1.82) is 0 Å². The number of H-pyrrole nitrogens is 1. The molecule has 0 fully saturated rings. The minimum absolute atomic E-state index is 0.489. The molecule has 4 rings (SSSR count). The number of ether oxygens (including phenoxy) is 1. The third-order valence-electron chi connectivity index (χ3n) is 4.24. The predicted molar refractivity (Wildman–Crippen MR) is 102 cm³/mol. The van der Waals surface area contributed by atoms with E-state index in [1.807, 2.05) is 37.5 Å². The Morgan fingerprint density at radius 2 is 1.88 bits per heavy atom. The van der Waals surface area contributed by atoms with E-state index in [0.29, 0.717) is 12.5 Å². The molecule has 0 atom stereocenters. The van der Waals surface area contributed by atoms with Crippen molar-refractivity contribution in [1.82, 2.24) is 9.97 Å². The smallest absolute Gasteiger partial charge is 0.221 e. The Balaban J connectivity index is 1.76. The van der Waals surface area contributed by atoms with E-state index in [0.717, 1.165) is 33.3 Å². The monoisotopic (exact) mass is 329 g/mol. The van der Waals surface area contributed by atoms with Gasteiger partial charge in [-0.1, -0.05) is 42.5 Å². The molecule has 0 saturated carbocycles. The van der Waals surface area contributed by atoms with Crippen molar-refractivity contribution in [3.63, 3.8) is 0 Å². The number of aromatic nitrogens is 2. The fourth-order valence-electron chi connectivity index (χ4n) is 2.94. The summed E-state index contributed by atoms with van der Waals surface area (Å²) in [5.41, 5.74) is 5.25. The molecule has 0 spiro atoms. The lowest BCUT2D eigenvalue weighted by molar-refractivity contribution is 0.295. The van der Waals surface area contributed by atoms with Gasteiger partial charge in [0.25, 0.3) is 0 Å². The summed E-state index contributed by atoms with van der Waals surface area (Å²) < 4.78 is 6.05. The van der Waals surface area contributed by atoms with E-state index < -0.39 is 0 Å². The van der Waals surface area contributed by atoms with Crippen LogP contribution >= 0.6 is 0 Å². The first-order valence-corrected chi connectivity index (χ1v) is 8.26. The maximum Gasteiger partial charge on any atom is 0.221 e. The van der Waals surface area contributed by atoms with Gasteiger partial charge in [-0.3, -0.25) is 0 Å². The van der Waals surface area contributed by atoms with Crippen LogP contribution in [0.5, 0.6) is 5.88 Å². The van der Waals surface area contributed by atoms with Crippen molar-refractivity contribution in [2.24, 2.45) is 0 Å². The molecule has 0 saturated heterocycles. The lowest BCUT2D eigenvalue weighted by Crippen LogP contribution is -2.00. The highest BCUT2D eigenvalue weighted by Crippen LogP contribution is 2.35. The largest absolute Gasteiger partial charge is 0.472 e. The van der Waals surface area contributed by atoms with E-state index in [2.05, 4.69) is 51.7 Å². The summed E-state index contributed by atoms with van der Waals surface area (Å²) in [5.74, 6) is 0.636. The predicted octanol–water partition coefficient (Wildman–Crippen LogP) is 4.85. The number of pyridine rings is 1. The highest BCUT2D eigenvalue weighted by molar-refractivity contribution is 5.96. The zero-order chi connectivity index (χ0) is 17.1. The van der Waals surface area contributed by atoms with Gasteiger partial charge in [-0.2, -0.15) is 0 Å². The third-order valence-corrected chi connectivity index (χ3v) is 4.24. The number of rotatable bonds is 5. The molecule has 0 amide bonds. The summed E-state index contributed by atoms with van der Waals surface area (Å²) in [6, 6.07) is 20.5. The molecule has 0 unspecified atom stereocenters. The molecule has 0 aliphatic carbocycles. The lowest BCUT2D eigenvalue weighted by atomic mass is 10.0. The minimum atomic E-state index is 0.489. The fraction of sp³-hybridized carbons (Fsp3) is 0.0952. The van der Waals surface area contributed by atoms with Gasteiger partial charge in [0.15, 0.2) is 0 Å². The van der Waals surface area contributed by atoms with Crippen LogP contribution in [0.15, 0.2) is 73.1 Å². The van der Waals surface area contributed by atoms with E-state index in [4.69, 9.17) is 4.74 Å². The zero-order valence-corrected chi connectivity index (χ0v) is 14.0. The molecule has 0 bridgehead atoms. The lowest BCUT2D eigenvalue weighted by Gasteiger charge is -2.13. The third kappa shape index (κ3) is 3.06. The number of fused-ring (bicyclic) bond motifs is 1. The number of hydrogen-bond acceptors (Lipinski definition) is 3. The van der Waals surface area contributed by atoms with Gasteiger partial charge in [0.1, 0.15) is 6.61 Å². The molecule has 2 aromatic heterocycles. The molecule has 0 radical (unpaired) electrons. The topological polar surface area (TPSA) is 49.9 Å². The van der Waals surface area contributed by atoms with Crippen molar-refractivity contribution in [2.75, 3.05) is 12.4 Å². The number of nitrogens with one attached hydrogen (secondary N) is 2. The molecule has 2 N–H and O–H groups in total. The maximum absolute atomic E-state index is 6.05. The summed E-state index contributed by atoms with van der Waals surface area (Å²) in [6.45, 7) is 0.489. The number of benzene rings is 2. The second-order valence-corrected chi connectivity index (χ2v) is 5.85. The Bertz CT molecular complexity index is 992. The van der Waals surface area contributed by atoms with Crippen LogP contribution in [0.2, 0.25) is 0 Å². The van der Waals surface area contributed by atoms with Gasteiger partial charge in [0, 0.05) is 29.7 Å². The summed E-state index contributed by atoms with van der Waals surface area (Å²) >= 11 is 0. The molecule has 4 aromatic rings. The van der Waals surface area contributed by atoms with Gasteiger partial charge >= 0.3 is 0 Å². The average Bonchev–Trinajstić information content (AvgIpc) is 3.16. The maximum atomic E-state index is 6.05. The Kier molecular flexibility index (Phi) is 4.09. The average molecular weight is 329 g/mol. The van der Waals surface area contributed by atoms with Crippen molar-refractivity contribution in [3.05, 3.63) is 78.6 Å². The van der Waals surface area contributed by atoms with Crippen LogP contribution in [0, 0.1) is 0 Å². The normalized spacial score (nSPS) is 10.8. The molecule has 0 aliphatic rings. The quantitative estimate of drug-likeness (QED) is 0.550. The van der Waals surface area contributed by atoms with Crippen LogP contribution in [0.3, 0.4) is 0 Å². The molecule has 124 valence electrons. The molecule has 25 heavy (non-hydrogen) atoms. The van der Waals surface area contributed by atoms with E-state index in [-0.39, 0.29) is 0 Å². The van der Waals surface area contributed by atoms with Crippen LogP contribution in [-0.2, 0) is 6.61 Å². The van der Waals surface area contributed by atoms with Gasteiger partial charge in [0.2, 0.25) is 5.88 Å². The van der Waals surface area contributed by atoms with Crippen LogP contribution in [-0.4, -0.2) is 17.0 Å². The molecular formula is C21H19N3O. The Hall–Kier alpha value is -3.27. The van der Waals surface area contributed by atoms with E-state index in [1.165, 1.54) is 0 Å². The van der Waals surface area contributed by atoms with E-state index in [1.54, 1.807) is 6.20 Å². The zero-order valence-electron chi connectivity index (χ0n) is 14.0. The summed E-state index contributed by atoms with van der Waals surface area (Å²) in [7, 11) is 1.89. The molecular weight excluding hydrogens is 310 g/mol. The highest BCUT2D eigenvalue weighted by Gasteiger charge is 2.13. The second kappa shape index (κ2) is 6.69. The van der Waals surface area contributed by atoms with Crippen LogP contribution < -0.4 is 10.1 Å². The fourth-order valence-corrected chi connectivity index (χ4v) is 2.94. The first-order chi connectivity index (χ1) is 12.3. The summed E-state index contributed by atoms with van der Waals surface area (Å²) in [6.07, 6.45) is 3.75. The first kappa shape index (κ1) is 15.3. The summed E-state index contributed by atoms with van der Waals surface area (Å²) in [5, 5.41) is 4.31. The first-order valence-electron chi connectivity index (χ1n) is 8.26. The highest BCUT2D eigenvalue weighted by atomic mass is 16.5. The van der Waals surface area contributed by atoms with E-state index in [9.17, 15) is 0 Å². The number of nitrogens with zero attached hydrogens (tertiary/aromatic N) is 1. The minimum Gasteiger partial charge on any atom is -0.472 e. The Morgan fingerprint density at radius 1 is 1.00 bits per heavy atom. The van der Waals surface area contributed by atoms with Gasteiger partial charge in [-0.05, 0) is 29.3 Å². The molecule has 4 heteroatoms. The Morgan fingerprint density at radius 3 is 2.72 bits per heavy atom. The van der Waals surface area contributed by atoms with Gasteiger partial charge < -0.3 is 15.0 Å². The van der Waals surface area contributed by atoms with E-state index >= 15 is 0 Å². The molecule has 2 heterocycles. The molecule has 2 aromatic carbocycles. The van der Waals surface area contributed by atoms with Crippen molar-refractivity contribution in [3.8, 4) is 17.0 Å². The summed E-state index contributed by atoms with van der Waals surface area (Å²) in [4.78, 5) is 7.80. The SMILES string of the molecule is CNc1cnc(OCc2ccccc2)c(-c2cccc3[nH]ccc23)c1. The Labute approximate surface area is 146 Å². The molecule has 0 aliphatic heterocycles. The van der Waals surface area contributed by atoms with Crippen molar-refractivity contribution in [2.45, 2.75) is 6.61 Å². The number of hydrogen-bond donors (Lipinski definition) is 2. The second-order valence-electron chi connectivity index (χ2n) is 5.85. The number of aromatic amines is 1. The molecule has 4 nitrogen and oxygen atoms in total. The van der Waals surface area contributed by atoms with Crippen LogP contribution in [0.4, 0.5) is 5.69 Å². The van der Waals surface area contributed by atoms with Crippen LogP contribution in [0.25, 0.3) is 22.0 Å². The van der Waals surface area contributed by atoms with Gasteiger partial charge in [0.05, 0.1) is 11.9 Å². The van der Waals surface area contributed by atoms with Crippen LogP contribution in [0.1, 0.15) is 5.56 Å². The van der Waals surface area contributed by atoms with Crippen molar-refractivity contribution < 1.29 is 4.74 Å². The van der Waals surface area contributed by atoms with Crippen molar-refractivity contribution >= 4 is 16.6 Å². The van der Waals surface area contributed by atoms with Gasteiger partial charge in [-0.25, -0.2) is 4.98 Å². The van der Waals surface area contributed by atoms with Gasteiger partial charge in [-0.15, -0.1) is 0 Å².